The first kappa shape index (κ1) is 30.2. The monoisotopic (exact) mass is 634 g/mol. The molecule has 36 heavy (non-hydrogen) atoms. The topological polar surface area (TPSA) is 55.4 Å². The SMILES string of the molecule is CC1(COCCCCCCOc2cc(Br)c(OCCCCCCOCC3(C)COC3)cc2Br)COC1. The molecule has 0 radical (unpaired) electrons. The van der Waals surface area contributed by atoms with Crippen LogP contribution >= 0.6 is 31.9 Å². The lowest BCUT2D eigenvalue weighted by atomic mass is 9.90. The zero-order valence-electron chi connectivity index (χ0n) is 22.1. The van der Waals surface area contributed by atoms with Crippen molar-refractivity contribution < 1.29 is 28.4 Å². The second-order valence-corrected chi connectivity index (χ2v) is 12.7. The maximum atomic E-state index is 5.99. The second-order valence-electron chi connectivity index (χ2n) is 11.0. The van der Waals surface area contributed by atoms with E-state index in [-0.39, 0.29) is 10.8 Å². The Balaban J connectivity index is 1.17. The summed E-state index contributed by atoms with van der Waals surface area (Å²) in [6, 6.07) is 3.98. The van der Waals surface area contributed by atoms with Crippen molar-refractivity contribution in [3.8, 4) is 11.5 Å². The Labute approximate surface area is 234 Å². The van der Waals surface area contributed by atoms with Gasteiger partial charge < -0.3 is 28.4 Å². The van der Waals surface area contributed by atoms with E-state index in [4.69, 9.17) is 28.4 Å². The summed E-state index contributed by atoms with van der Waals surface area (Å²) in [4.78, 5) is 0. The molecule has 2 aliphatic rings. The van der Waals surface area contributed by atoms with Gasteiger partial charge in [-0.3, -0.25) is 0 Å². The Morgan fingerprint density at radius 2 is 0.972 bits per heavy atom. The van der Waals surface area contributed by atoms with Crippen LogP contribution in [0.3, 0.4) is 0 Å². The number of benzene rings is 1. The minimum absolute atomic E-state index is 0.246. The molecule has 0 unspecified atom stereocenters. The van der Waals surface area contributed by atoms with Gasteiger partial charge in [0.2, 0.25) is 0 Å². The van der Waals surface area contributed by atoms with Gasteiger partial charge in [0.1, 0.15) is 11.5 Å². The molecule has 8 heteroatoms. The number of hydrogen-bond donors (Lipinski definition) is 0. The third kappa shape index (κ3) is 10.8. The van der Waals surface area contributed by atoms with E-state index in [1.54, 1.807) is 0 Å². The normalized spacial score (nSPS) is 17.9. The maximum Gasteiger partial charge on any atom is 0.134 e. The summed E-state index contributed by atoms with van der Waals surface area (Å²) in [5, 5.41) is 0. The van der Waals surface area contributed by atoms with Crippen molar-refractivity contribution in [2.24, 2.45) is 10.8 Å². The number of hydrogen-bond acceptors (Lipinski definition) is 6. The first-order chi connectivity index (χ1) is 17.4. The number of unbranched alkanes of at least 4 members (excludes halogenated alkanes) is 6. The van der Waals surface area contributed by atoms with Crippen LogP contribution in [-0.4, -0.2) is 66.1 Å². The van der Waals surface area contributed by atoms with Gasteiger partial charge in [0, 0.05) is 24.0 Å². The highest BCUT2D eigenvalue weighted by atomic mass is 79.9. The lowest BCUT2D eigenvalue weighted by molar-refractivity contribution is -0.138. The minimum atomic E-state index is 0.246. The molecule has 2 saturated heterocycles. The summed E-state index contributed by atoms with van der Waals surface area (Å²) in [6.07, 6.45) is 8.88. The van der Waals surface area contributed by atoms with Gasteiger partial charge in [-0.15, -0.1) is 0 Å². The summed E-state index contributed by atoms with van der Waals surface area (Å²) in [7, 11) is 0. The summed E-state index contributed by atoms with van der Waals surface area (Å²) < 4.78 is 35.9. The molecular formula is C28H44Br2O6. The van der Waals surface area contributed by atoms with Crippen LogP contribution in [0.15, 0.2) is 21.1 Å². The van der Waals surface area contributed by atoms with E-state index in [9.17, 15) is 0 Å². The molecule has 2 aliphatic heterocycles. The van der Waals surface area contributed by atoms with Crippen LogP contribution in [0.4, 0.5) is 0 Å². The fraction of sp³-hybridized carbons (Fsp3) is 0.786. The van der Waals surface area contributed by atoms with Crippen molar-refractivity contribution in [1.29, 1.82) is 0 Å². The summed E-state index contributed by atoms with van der Waals surface area (Å²) >= 11 is 7.25. The fourth-order valence-electron chi connectivity index (χ4n) is 4.12. The van der Waals surface area contributed by atoms with E-state index in [0.29, 0.717) is 13.2 Å². The molecule has 1 aromatic rings. The molecule has 0 spiro atoms. The zero-order chi connectivity index (χ0) is 25.7. The molecular weight excluding hydrogens is 592 g/mol. The molecule has 0 saturated carbocycles. The predicted octanol–water partition coefficient (Wildman–Crippen LogP) is 7.20. The molecule has 206 valence electrons. The van der Waals surface area contributed by atoms with Crippen molar-refractivity contribution in [1.82, 2.24) is 0 Å². The van der Waals surface area contributed by atoms with Gasteiger partial charge in [-0.25, -0.2) is 0 Å². The highest BCUT2D eigenvalue weighted by Crippen LogP contribution is 2.36. The van der Waals surface area contributed by atoms with Crippen molar-refractivity contribution in [2.75, 3.05) is 66.1 Å². The largest absolute Gasteiger partial charge is 0.492 e. The van der Waals surface area contributed by atoms with Crippen LogP contribution in [0.1, 0.15) is 65.2 Å². The molecule has 0 N–H and O–H groups in total. The second kappa shape index (κ2) is 15.9. The molecule has 0 aliphatic carbocycles. The highest BCUT2D eigenvalue weighted by molar-refractivity contribution is 9.11. The Hall–Kier alpha value is -0.380. The molecule has 1 aromatic carbocycles. The van der Waals surface area contributed by atoms with E-state index < -0.39 is 0 Å². The molecule has 0 bridgehead atoms. The fourth-order valence-corrected chi connectivity index (χ4v) is 4.99. The first-order valence-electron chi connectivity index (χ1n) is 13.4. The average molecular weight is 636 g/mol. The molecule has 2 heterocycles. The van der Waals surface area contributed by atoms with Gasteiger partial charge in [0.05, 0.1) is 61.8 Å². The van der Waals surface area contributed by atoms with Gasteiger partial charge in [0.25, 0.3) is 0 Å². The van der Waals surface area contributed by atoms with E-state index in [1.165, 1.54) is 0 Å². The molecule has 6 nitrogen and oxygen atoms in total. The summed E-state index contributed by atoms with van der Waals surface area (Å²) in [6.45, 7) is 12.5. The zero-order valence-corrected chi connectivity index (χ0v) is 25.3. The number of rotatable bonds is 20. The van der Waals surface area contributed by atoms with Crippen molar-refractivity contribution in [2.45, 2.75) is 65.2 Å². The highest BCUT2D eigenvalue weighted by Gasteiger charge is 2.34. The van der Waals surface area contributed by atoms with E-state index >= 15 is 0 Å². The molecule has 0 amide bonds. The average Bonchev–Trinajstić information content (AvgIpc) is 2.82. The number of halogens is 2. The van der Waals surface area contributed by atoms with Crippen molar-refractivity contribution in [3.05, 3.63) is 21.1 Å². The van der Waals surface area contributed by atoms with Crippen molar-refractivity contribution >= 4 is 31.9 Å². The predicted molar refractivity (Wildman–Crippen MR) is 149 cm³/mol. The smallest absolute Gasteiger partial charge is 0.134 e. The molecule has 0 atom stereocenters. The summed E-state index contributed by atoms with van der Waals surface area (Å²) in [5.74, 6) is 1.69. The van der Waals surface area contributed by atoms with E-state index in [2.05, 4.69) is 45.7 Å². The van der Waals surface area contributed by atoms with Crippen LogP contribution in [0.2, 0.25) is 0 Å². The third-order valence-corrected chi connectivity index (χ3v) is 7.81. The first-order valence-corrected chi connectivity index (χ1v) is 15.0. The third-order valence-electron chi connectivity index (χ3n) is 6.57. The standard InChI is InChI=1S/C28H44Br2O6/c1-27(19-33-20-27)17-31-11-7-3-5-9-13-35-25-15-24(30)26(16-23(25)29)36-14-10-6-4-8-12-32-18-28(2)21-34-22-28/h15-16H,3-14,17-22H2,1-2H3. The van der Waals surface area contributed by atoms with Crippen LogP contribution < -0.4 is 9.47 Å². The molecule has 3 rings (SSSR count). The molecule has 2 fully saturated rings. The minimum Gasteiger partial charge on any atom is -0.492 e. The number of ether oxygens (including phenoxy) is 6. The quantitative estimate of drug-likeness (QED) is 0.141. The van der Waals surface area contributed by atoms with Gasteiger partial charge in [-0.1, -0.05) is 26.7 Å². The van der Waals surface area contributed by atoms with Crippen LogP contribution in [-0.2, 0) is 18.9 Å². The van der Waals surface area contributed by atoms with Crippen LogP contribution in [0.5, 0.6) is 11.5 Å². The van der Waals surface area contributed by atoms with Gasteiger partial charge >= 0.3 is 0 Å². The van der Waals surface area contributed by atoms with Gasteiger partial charge in [-0.05, 0) is 82.5 Å². The lowest BCUT2D eigenvalue weighted by Crippen LogP contribution is -2.43. The van der Waals surface area contributed by atoms with Crippen LogP contribution in [0.25, 0.3) is 0 Å². The van der Waals surface area contributed by atoms with Crippen LogP contribution in [0, 0.1) is 10.8 Å². The summed E-state index contributed by atoms with van der Waals surface area (Å²) in [5.41, 5.74) is 0.492. The Kier molecular flexibility index (Phi) is 13.3. The van der Waals surface area contributed by atoms with Gasteiger partial charge in [-0.2, -0.15) is 0 Å². The van der Waals surface area contributed by atoms with E-state index in [0.717, 1.165) is 125 Å². The van der Waals surface area contributed by atoms with Gasteiger partial charge in [0.15, 0.2) is 0 Å². The van der Waals surface area contributed by atoms with Crippen molar-refractivity contribution in [3.63, 3.8) is 0 Å². The van der Waals surface area contributed by atoms with E-state index in [1.807, 2.05) is 12.1 Å². The molecule has 0 aromatic heterocycles. The maximum absolute atomic E-state index is 5.99. The Morgan fingerprint density at radius 3 is 1.31 bits per heavy atom. The lowest BCUT2D eigenvalue weighted by Gasteiger charge is -2.37. The Morgan fingerprint density at radius 1 is 0.611 bits per heavy atom. The Bertz CT molecular complexity index is 703.